The van der Waals surface area contributed by atoms with Gasteiger partial charge in [-0.1, -0.05) is 0 Å². The third kappa shape index (κ3) is 0.995. The second-order valence-corrected chi connectivity index (χ2v) is 4.96. The molecule has 18 heavy (non-hydrogen) atoms. The maximum absolute atomic E-state index is 6.02. The maximum atomic E-state index is 6.02. The van der Waals surface area contributed by atoms with Crippen LogP contribution in [0.2, 0.25) is 0 Å². The number of aryl methyl sites for hydroxylation is 1. The minimum absolute atomic E-state index is 0.405. The van der Waals surface area contributed by atoms with Crippen molar-refractivity contribution in [1.29, 1.82) is 0 Å². The lowest BCUT2D eigenvalue weighted by atomic mass is 10.2. The number of nitrogen functional groups attached to an aromatic ring is 1. The Kier molecular flexibility index (Phi) is 1.63. The molecular formula is C13H14N5+. The maximum Gasteiger partial charge on any atom is 0.257 e. The van der Waals surface area contributed by atoms with Crippen LogP contribution in [0.5, 0.6) is 0 Å². The number of nitrogens with two attached hydrogens (primary N) is 1. The van der Waals surface area contributed by atoms with Crippen LogP contribution in [0.25, 0.3) is 22.1 Å². The summed E-state index contributed by atoms with van der Waals surface area (Å²) in [5.41, 5.74) is 10.0. The Labute approximate surface area is 104 Å². The number of hydrogen-bond donors (Lipinski definition) is 1. The van der Waals surface area contributed by atoms with Gasteiger partial charge in [0.25, 0.3) is 5.52 Å². The summed E-state index contributed by atoms with van der Waals surface area (Å²) in [6, 6.07) is 4.44. The van der Waals surface area contributed by atoms with Gasteiger partial charge in [-0.2, -0.15) is 4.57 Å². The smallest absolute Gasteiger partial charge is 0.257 e. The lowest BCUT2D eigenvalue weighted by Crippen LogP contribution is -2.43. The number of rotatable bonds is 0. The molecule has 3 aromatic rings. The summed E-state index contributed by atoms with van der Waals surface area (Å²) < 4.78 is 4.52. The van der Waals surface area contributed by atoms with Crippen molar-refractivity contribution in [2.24, 2.45) is 0 Å². The minimum atomic E-state index is 0.405. The van der Waals surface area contributed by atoms with Gasteiger partial charge < -0.3 is 10.3 Å². The zero-order valence-corrected chi connectivity index (χ0v) is 10.4. The molecule has 3 aromatic heterocycles. The molecule has 0 aliphatic carbocycles. The fourth-order valence-corrected chi connectivity index (χ4v) is 2.96. The van der Waals surface area contributed by atoms with Gasteiger partial charge >= 0.3 is 0 Å². The normalized spacial score (nSPS) is 18.0. The van der Waals surface area contributed by atoms with Crippen LogP contribution in [0, 0.1) is 6.92 Å². The van der Waals surface area contributed by atoms with Crippen LogP contribution < -0.4 is 10.3 Å². The average molecular weight is 240 g/mol. The monoisotopic (exact) mass is 240 g/mol. The summed E-state index contributed by atoms with van der Waals surface area (Å²) in [5.74, 6) is 1.53. The van der Waals surface area contributed by atoms with E-state index in [1.54, 1.807) is 0 Å². The molecule has 0 aromatic carbocycles. The Bertz CT molecular complexity index is 802. The van der Waals surface area contributed by atoms with E-state index < -0.39 is 0 Å². The van der Waals surface area contributed by atoms with Gasteiger partial charge in [-0.3, -0.25) is 0 Å². The first-order chi connectivity index (χ1) is 8.66. The van der Waals surface area contributed by atoms with Crippen molar-refractivity contribution in [2.75, 3.05) is 5.73 Å². The molecule has 0 amide bonds. The third-order valence-corrected chi connectivity index (χ3v) is 3.79. The van der Waals surface area contributed by atoms with Gasteiger partial charge in [0.05, 0.1) is 6.54 Å². The van der Waals surface area contributed by atoms with Crippen molar-refractivity contribution in [1.82, 2.24) is 14.5 Å². The number of nitrogens with zero attached hydrogens (tertiary/aromatic N) is 4. The Morgan fingerprint density at radius 3 is 3.11 bits per heavy atom. The van der Waals surface area contributed by atoms with Crippen molar-refractivity contribution in [2.45, 2.75) is 26.4 Å². The summed E-state index contributed by atoms with van der Waals surface area (Å²) in [7, 11) is 0. The molecule has 1 aliphatic rings. The number of anilines is 1. The van der Waals surface area contributed by atoms with E-state index >= 15 is 0 Å². The highest BCUT2D eigenvalue weighted by Crippen LogP contribution is 2.30. The molecule has 1 aliphatic heterocycles. The summed E-state index contributed by atoms with van der Waals surface area (Å²) in [6.45, 7) is 5.17. The van der Waals surface area contributed by atoms with Gasteiger partial charge in [-0.05, 0) is 19.9 Å². The summed E-state index contributed by atoms with van der Waals surface area (Å²) in [6.07, 6.45) is 2.11. The van der Waals surface area contributed by atoms with Crippen molar-refractivity contribution in [3.05, 3.63) is 24.2 Å². The highest BCUT2D eigenvalue weighted by Gasteiger charge is 2.30. The lowest BCUT2D eigenvalue weighted by molar-refractivity contribution is -0.698. The van der Waals surface area contributed by atoms with E-state index in [2.05, 4.69) is 32.2 Å². The van der Waals surface area contributed by atoms with Crippen LogP contribution in [0.4, 0.5) is 5.82 Å². The zero-order chi connectivity index (χ0) is 12.4. The highest BCUT2D eigenvalue weighted by atomic mass is 15.2. The zero-order valence-electron chi connectivity index (χ0n) is 10.4. The van der Waals surface area contributed by atoms with Gasteiger partial charge in [0.2, 0.25) is 0 Å². The number of imidazole rings is 1. The quantitative estimate of drug-likeness (QED) is 0.603. The first-order valence-electron chi connectivity index (χ1n) is 6.13. The first-order valence-corrected chi connectivity index (χ1v) is 6.13. The number of pyridine rings is 2. The molecule has 4 heterocycles. The van der Waals surface area contributed by atoms with Crippen molar-refractivity contribution < 1.29 is 4.57 Å². The summed E-state index contributed by atoms with van der Waals surface area (Å²) in [5, 5.41) is 0. The highest BCUT2D eigenvalue weighted by molar-refractivity contribution is 6.03. The van der Waals surface area contributed by atoms with Crippen molar-refractivity contribution in [3.8, 4) is 0 Å². The van der Waals surface area contributed by atoms with E-state index in [1.165, 1.54) is 0 Å². The lowest BCUT2D eigenvalue weighted by Gasteiger charge is -2.17. The van der Waals surface area contributed by atoms with Gasteiger partial charge in [0.1, 0.15) is 22.4 Å². The molecule has 1 atom stereocenters. The fourth-order valence-electron chi connectivity index (χ4n) is 2.96. The molecule has 4 rings (SSSR count). The van der Waals surface area contributed by atoms with E-state index in [0.717, 1.165) is 34.4 Å². The van der Waals surface area contributed by atoms with Crippen molar-refractivity contribution >= 4 is 27.9 Å². The Morgan fingerprint density at radius 2 is 2.28 bits per heavy atom. The van der Waals surface area contributed by atoms with Crippen LogP contribution in [0.3, 0.4) is 0 Å². The van der Waals surface area contributed by atoms with Gasteiger partial charge in [-0.15, -0.1) is 0 Å². The largest absolute Gasteiger partial charge is 0.382 e. The molecule has 0 bridgehead atoms. The van der Waals surface area contributed by atoms with Crippen LogP contribution >= 0.6 is 0 Å². The second kappa shape index (κ2) is 2.98. The van der Waals surface area contributed by atoms with Crippen molar-refractivity contribution in [3.63, 3.8) is 0 Å². The van der Waals surface area contributed by atoms with E-state index in [4.69, 9.17) is 5.73 Å². The molecule has 5 heteroatoms. The van der Waals surface area contributed by atoms with Gasteiger partial charge in [0.15, 0.2) is 18.1 Å². The molecule has 5 nitrogen and oxygen atoms in total. The van der Waals surface area contributed by atoms with Crippen LogP contribution in [-0.4, -0.2) is 14.5 Å². The Hall–Kier alpha value is -2.17. The molecule has 0 radical (unpaired) electrons. The molecule has 1 unspecified atom stereocenters. The van der Waals surface area contributed by atoms with Crippen LogP contribution in [0.1, 0.15) is 18.8 Å². The number of hydrogen-bond acceptors (Lipinski definition) is 3. The summed E-state index contributed by atoms with van der Waals surface area (Å²) in [4.78, 5) is 9.03. The van der Waals surface area contributed by atoms with E-state index in [0.29, 0.717) is 11.9 Å². The Morgan fingerprint density at radius 1 is 1.44 bits per heavy atom. The number of aromatic nitrogens is 4. The van der Waals surface area contributed by atoms with Gasteiger partial charge in [-0.25, -0.2) is 9.97 Å². The molecule has 90 valence electrons. The van der Waals surface area contributed by atoms with E-state index in [-0.39, 0.29) is 0 Å². The molecule has 2 N–H and O–H groups in total. The topological polar surface area (TPSA) is 60.6 Å². The van der Waals surface area contributed by atoms with Crippen LogP contribution in [-0.2, 0) is 6.54 Å². The summed E-state index contributed by atoms with van der Waals surface area (Å²) >= 11 is 0. The third-order valence-electron chi connectivity index (χ3n) is 3.79. The Balaban J connectivity index is 2.38. The molecule has 0 saturated heterocycles. The molecular weight excluding hydrogens is 226 g/mol. The first kappa shape index (κ1) is 9.82. The molecule has 0 saturated carbocycles. The second-order valence-electron chi connectivity index (χ2n) is 4.96. The van der Waals surface area contributed by atoms with Crippen LogP contribution in [0.15, 0.2) is 18.3 Å². The molecule has 0 spiro atoms. The predicted molar refractivity (Wildman–Crippen MR) is 69.1 cm³/mol. The molecule has 0 fully saturated rings. The van der Waals surface area contributed by atoms with E-state index in [1.807, 2.05) is 19.1 Å². The van der Waals surface area contributed by atoms with E-state index in [9.17, 15) is 0 Å². The standard InChI is InChI=1S/C13H14N5/c1-7-6-18-8(2)15-10-12(18)11-9(16-13(10)14)4-3-5-17(7)11/h3-5,7H,6H2,1-2H3,(H2,14,16)/q+1. The average Bonchev–Trinajstić information content (AvgIpc) is 2.68. The predicted octanol–water partition coefficient (Wildman–Crippen LogP) is 1.34. The SMILES string of the molecule is Cc1nc2c(N)nc3ccc[n+]4c3c2n1CC4C. The van der Waals surface area contributed by atoms with Gasteiger partial charge in [0, 0.05) is 6.07 Å². The fraction of sp³-hybridized carbons (Fsp3) is 0.308. The minimum Gasteiger partial charge on any atom is -0.382 e.